The molecule has 1 aliphatic heterocycles. The van der Waals surface area contributed by atoms with E-state index >= 15 is 0 Å². The van der Waals surface area contributed by atoms with Crippen molar-refractivity contribution in [2.45, 2.75) is 31.1 Å². The molecule has 0 aromatic carbocycles. The molecule has 2 heterocycles. The summed E-state index contributed by atoms with van der Waals surface area (Å²) < 4.78 is 7.75. The van der Waals surface area contributed by atoms with Crippen LogP contribution in [0.5, 0.6) is 0 Å². The number of carbonyl (C=O) groups is 1. The maximum Gasteiger partial charge on any atom is 0.236 e. The van der Waals surface area contributed by atoms with E-state index in [0.717, 1.165) is 18.4 Å². The largest absolute Gasteiger partial charge is 0.310 e. The van der Waals surface area contributed by atoms with Gasteiger partial charge in [-0.1, -0.05) is 18.9 Å². The summed E-state index contributed by atoms with van der Waals surface area (Å²) in [4.78, 5) is 16.1. The number of nitrogens with zero attached hydrogens (tertiary/aromatic N) is 1. The van der Waals surface area contributed by atoms with Crippen molar-refractivity contribution in [3.63, 3.8) is 0 Å². The number of pyridine rings is 1. The van der Waals surface area contributed by atoms with Crippen LogP contribution >= 0.6 is 0 Å². The molecule has 1 aromatic rings. The van der Waals surface area contributed by atoms with Crippen molar-refractivity contribution in [3.8, 4) is 0 Å². The number of amides is 1. The highest BCUT2D eigenvalue weighted by Gasteiger charge is 2.48. The summed E-state index contributed by atoms with van der Waals surface area (Å²) in [5, 5.41) is 2.82. The fraction of sp³-hybridized carbons (Fsp3) is 0.455. The molecular formula is C11H12N2O. The van der Waals surface area contributed by atoms with Crippen molar-refractivity contribution in [2.24, 2.45) is 0 Å². The van der Waals surface area contributed by atoms with E-state index in [1.54, 1.807) is 6.20 Å². The lowest BCUT2D eigenvalue weighted by Gasteiger charge is -2.19. The molecule has 14 heavy (non-hydrogen) atoms. The van der Waals surface area contributed by atoms with Gasteiger partial charge in [0.25, 0.3) is 0 Å². The summed E-state index contributed by atoms with van der Waals surface area (Å²) in [6.45, 7) is 0. The average Bonchev–Trinajstić information content (AvgIpc) is 2.73. The number of rotatable bonds is 0. The van der Waals surface area contributed by atoms with Crippen molar-refractivity contribution in [1.82, 2.24) is 4.98 Å². The lowest BCUT2D eigenvalue weighted by Crippen LogP contribution is -2.30. The summed E-state index contributed by atoms with van der Waals surface area (Å²) >= 11 is 0. The molecule has 1 fully saturated rings. The van der Waals surface area contributed by atoms with E-state index < -0.39 is 5.41 Å². The van der Waals surface area contributed by atoms with E-state index in [-0.39, 0.29) is 12.3 Å². The van der Waals surface area contributed by atoms with Crippen LogP contribution in [-0.4, -0.2) is 10.9 Å². The Hall–Kier alpha value is -1.38. The topological polar surface area (TPSA) is 42.0 Å². The maximum absolute atomic E-state index is 12.0. The van der Waals surface area contributed by atoms with E-state index in [9.17, 15) is 4.79 Å². The van der Waals surface area contributed by atoms with Gasteiger partial charge in [-0.25, -0.2) is 4.98 Å². The van der Waals surface area contributed by atoms with Gasteiger partial charge in [-0.15, -0.1) is 0 Å². The zero-order valence-electron chi connectivity index (χ0n) is 8.79. The fourth-order valence-corrected chi connectivity index (χ4v) is 2.49. The number of anilines is 1. The molecule has 2 unspecified atom stereocenters. The molecule has 1 N–H and O–H groups in total. The Kier molecular flexibility index (Phi) is 1.28. The first-order valence-corrected chi connectivity index (χ1v) is 4.91. The van der Waals surface area contributed by atoms with Gasteiger partial charge in [0.2, 0.25) is 5.91 Å². The molecular weight excluding hydrogens is 176 g/mol. The first-order valence-electron chi connectivity index (χ1n) is 5.49. The zero-order chi connectivity index (χ0) is 10.5. The van der Waals surface area contributed by atoms with Crippen LogP contribution in [0.1, 0.15) is 32.6 Å². The summed E-state index contributed by atoms with van der Waals surface area (Å²) in [6, 6.07) is 3.82. The zero-order valence-corrected chi connectivity index (χ0v) is 7.79. The van der Waals surface area contributed by atoms with E-state index in [1.165, 1.54) is 0 Å². The quantitative estimate of drug-likeness (QED) is 0.676. The van der Waals surface area contributed by atoms with Gasteiger partial charge in [0.15, 0.2) is 0 Å². The van der Waals surface area contributed by atoms with Crippen molar-refractivity contribution in [3.05, 3.63) is 23.9 Å². The average molecular weight is 189 g/mol. The van der Waals surface area contributed by atoms with Gasteiger partial charge in [-0.2, -0.15) is 0 Å². The minimum Gasteiger partial charge on any atom is -0.310 e. The molecule has 0 bridgehead atoms. The van der Waals surface area contributed by atoms with Crippen LogP contribution < -0.4 is 5.32 Å². The standard InChI is InChI=1S/C11H12N2O/c14-10-11(5-1-2-6-11)8-4-3-7-12-9(8)13-10/h3-4,7H,1-2,5-6H2,(H,12,13,14)/i1D. The summed E-state index contributed by atoms with van der Waals surface area (Å²) in [5.41, 5.74) is 0.542. The van der Waals surface area contributed by atoms with Gasteiger partial charge in [-0.05, 0) is 18.9 Å². The van der Waals surface area contributed by atoms with Gasteiger partial charge in [0, 0.05) is 13.1 Å². The second-order valence-corrected chi connectivity index (χ2v) is 3.97. The monoisotopic (exact) mass is 189 g/mol. The normalized spacial score (nSPS) is 35.6. The number of nitrogens with one attached hydrogen (secondary N) is 1. The third kappa shape index (κ3) is 0.820. The van der Waals surface area contributed by atoms with E-state index in [2.05, 4.69) is 10.3 Å². The molecule has 0 saturated heterocycles. The molecule has 1 aliphatic carbocycles. The minimum atomic E-state index is -0.448. The molecule has 0 radical (unpaired) electrons. The van der Waals surface area contributed by atoms with E-state index in [1.807, 2.05) is 12.1 Å². The number of fused-ring (bicyclic) bond motifs is 2. The van der Waals surface area contributed by atoms with Gasteiger partial charge >= 0.3 is 0 Å². The first-order chi connectivity index (χ1) is 7.22. The second kappa shape index (κ2) is 2.56. The van der Waals surface area contributed by atoms with Gasteiger partial charge in [0.05, 0.1) is 5.41 Å². The van der Waals surface area contributed by atoms with Gasteiger partial charge in [-0.3, -0.25) is 4.79 Å². The predicted octanol–water partition coefficient (Wildman–Crippen LogP) is 1.85. The molecule has 3 heteroatoms. The van der Waals surface area contributed by atoms with Crippen LogP contribution in [0.15, 0.2) is 18.3 Å². The Morgan fingerprint density at radius 2 is 2.50 bits per heavy atom. The molecule has 1 spiro atoms. The fourth-order valence-electron chi connectivity index (χ4n) is 2.49. The lowest BCUT2D eigenvalue weighted by atomic mass is 9.81. The van der Waals surface area contributed by atoms with Crippen LogP contribution in [0.3, 0.4) is 0 Å². The van der Waals surface area contributed by atoms with Crippen LogP contribution in [0.25, 0.3) is 0 Å². The van der Waals surface area contributed by atoms with Crippen molar-refractivity contribution < 1.29 is 6.17 Å². The first kappa shape index (κ1) is 6.98. The van der Waals surface area contributed by atoms with Crippen LogP contribution in [0.2, 0.25) is 0 Å². The Bertz CT molecular complexity index is 434. The number of aromatic nitrogens is 1. The van der Waals surface area contributed by atoms with E-state index in [4.69, 9.17) is 1.37 Å². The van der Waals surface area contributed by atoms with Crippen molar-refractivity contribution in [2.75, 3.05) is 5.32 Å². The molecule has 3 rings (SSSR count). The smallest absolute Gasteiger partial charge is 0.236 e. The Morgan fingerprint density at radius 1 is 1.57 bits per heavy atom. The van der Waals surface area contributed by atoms with Crippen molar-refractivity contribution in [1.29, 1.82) is 0 Å². The minimum absolute atomic E-state index is 0.0333. The van der Waals surface area contributed by atoms with Gasteiger partial charge in [0.1, 0.15) is 5.82 Å². The van der Waals surface area contributed by atoms with Crippen LogP contribution in [0, 0.1) is 0 Å². The summed E-state index contributed by atoms with van der Waals surface area (Å²) in [6.07, 6.45) is 3.80. The van der Waals surface area contributed by atoms with Crippen molar-refractivity contribution >= 4 is 11.7 Å². The van der Waals surface area contributed by atoms with Gasteiger partial charge < -0.3 is 5.32 Å². The maximum atomic E-state index is 12.0. The highest BCUT2D eigenvalue weighted by Crippen LogP contribution is 2.47. The third-order valence-corrected chi connectivity index (χ3v) is 3.26. The third-order valence-electron chi connectivity index (χ3n) is 3.26. The highest BCUT2D eigenvalue weighted by atomic mass is 16.2. The van der Waals surface area contributed by atoms with E-state index in [0.29, 0.717) is 12.2 Å². The lowest BCUT2D eigenvalue weighted by molar-refractivity contribution is -0.120. The van der Waals surface area contributed by atoms with Crippen LogP contribution in [-0.2, 0) is 10.2 Å². The Balaban J connectivity index is 2.13. The predicted molar refractivity (Wildman–Crippen MR) is 53.0 cm³/mol. The Labute approximate surface area is 83.9 Å². The Morgan fingerprint density at radius 3 is 3.29 bits per heavy atom. The molecule has 1 amide bonds. The summed E-state index contributed by atoms with van der Waals surface area (Å²) in [7, 11) is 0. The number of carbonyl (C=O) groups excluding carboxylic acids is 1. The molecule has 1 saturated carbocycles. The SMILES string of the molecule is [2H]C1CCC2(C1)C(=O)Nc1ncccc12. The second-order valence-electron chi connectivity index (χ2n) is 3.97. The molecule has 3 nitrogen and oxygen atoms in total. The molecule has 1 aromatic heterocycles. The molecule has 2 aliphatic rings. The highest BCUT2D eigenvalue weighted by molar-refractivity contribution is 6.05. The number of hydrogen-bond acceptors (Lipinski definition) is 2. The number of hydrogen-bond donors (Lipinski definition) is 1. The molecule has 72 valence electrons. The molecule has 2 atom stereocenters. The van der Waals surface area contributed by atoms with Crippen LogP contribution in [0.4, 0.5) is 5.82 Å². The summed E-state index contributed by atoms with van der Waals surface area (Å²) in [5.74, 6) is 0.725.